The van der Waals surface area contributed by atoms with Crippen LogP contribution < -0.4 is 27.7 Å². The average Bonchev–Trinajstić information content (AvgIpc) is 3.79. The number of unbranched alkanes of at least 4 members (excludes halogenated alkanes) is 2. The van der Waals surface area contributed by atoms with Gasteiger partial charge in [-0.05, 0) is 67.7 Å². The van der Waals surface area contributed by atoms with Crippen molar-refractivity contribution in [2.45, 2.75) is 117 Å². The quantitative estimate of drug-likeness (QED) is 0.0530. The fraction of sp³-hybridized carbons (Fsp3) is 0.489. The number of nitrogens with zero attached hydrogens (tertiary/aromatic N) is 4. The highest BCUT2D eigenvalue weighted by molar-refractivity contribution is 9.10. The smallest absolute Gasteiger partial charge is 0.355 e. The van der Waals surface area contributed by atoms with Gasteiger partial charge in [0.15, 0.2) is 0 Å². The Balaban J connectivity index is 1.22. The van der Waals surface area contributed by atoms with Crippen LogP contribution in [0.5, 0.6) is 0 Å². The molecule has 3 aromatic rings. The van der Waals surface area contributed by atoms with Crippen LogP contribution in [0.2, 0.25) is 0 Å². The van der Waals surface area contributed by atoms with Crippen LogP contribution >= 0.6 is 15.9 Å². The van der Waals surface area contributed by atoms with Crippen molar-refractivity contribution in [2.24, 2.45) is 22.8 Å². The number of urea groups is 1. The molecule has 7 amide bonds. The molecule has 358 valence electrons. The van der Waals surface area contributed by atoms with Crippen molar-refractivity contribution in [3.05, 3.63) is 74.0 Å². The number of esters is 2. The lowest BCUT2D eigenvalue weighted by molar-refractivity contribution is -0.190. The predicted molar refractivity (Wildman–Crippen MR) is 247 cm³/mol. The van der Waals surface area contributed by atoms with Gasteiger partial charge < -0.3 is 41.0 Å². The van der Waals surface area contributed by atoms with E-state index in [1.807, 2.05) is 24.3 Å². The Hall–Kier alpha value is -6.44. The molecule has 0 spiro atoms. The van der Waals surface area contributed by atoms with Gasteiger partial charge in [-0.15, -0.1) is 0 Å². The van der Waals surface area contributed by atoms with Crippen LogP contribution in [-0.2, 0) is 61.8 Å². The van der Waals surface area contributed by atoms with Crippen LogP contribution in [0.1, 0.15) is 103 Å². The Morgan fingerprint density at radius 2 is 1.73 bits per heavy atom. The third-order valence-electron chi connectivity index (χ3n) is 12.4. The molecule has 19 nitrogen and oxygen atoms in total. The second-order valence-electron chi connectivity index (χ2n) is 18.3. The number of nitrogens with two attached hydrogens (primary N) is 2. The van der Waals surface area contributed by atoms with E-state index in [4.69, 9.17) is 25.9 Å². The van der Waals surface area contributed by atoms with E-state index in [0.29, 0.717) is 36.2 Å². The number of cyclic esters (lactones) is 1. The van der Waals surface area contributed by atoms with E-state index in [2.05, 4.69) is 26.6 Å². The van der Waals surface area contributed by atoms with E-state index in [1.54, 1.807) is 45.3 Å². The number of carbonyl (C=O) groups excluding carboxylic acids is 8. The molecule has 5 heterocycles. The van der Waals surface area contributed by atoms with Gasteiger partial charge in [0.2, 0.25) is 23.3 Å². The maximum Gasteiger partial charge on any atom is 0.355 e. The lowest BCUT2D eigenvalue weighted by Gasteiger charge is -2.40. The SMILES string of the molecule is CC[C@@]1(OC(=O)CC(C)(C)CN(C(=O)[C@@H](NC(=O)CCCCCN2C(=O)C=CC2=O)C(C)C)[C@@H](CCCNC(N)=O)C(N)=O)C(=O)OCc2c1cc1n(c2=O)Cc2cc3c(Br)cccc3nc2-1. The van der Waals surface area contributed by atoms with Gasteiger partial charge in [0.05, 0.1) is 35.4 Å². The zero-order valence-corrected chi connectivity index (χ0v) is 39.9. The molecule has 3 aliphatic rings. The van der Waals surface area contributed by atoms with Crippen LogP contribution in [0.25, 0.3) is 22.3 Å². The maximum atomic E-state index is 14.7. The first-order chi connectivity index (χ1) is 31.7. The van der Waals surface area contributed by atoms with Crippen molar-refractivity contribution in [3.63, 3.8) is 0 Å². The summed E-state index contributed by atoms with van der Waals surface area (Å²) in [5.41, 5.74) is 10.5. The van der Waals surface area contributed by atoms with E-state index in [9.17, 15) is 43.2 Å². The van der Waals surface area contributed by atoms with E-state index in [0.717, 1.165) is 20.3 Å². The van der Waals surface area contributed by atoms with E-state index in [-0.39, 0.29) is 81.4 Å². The standard InChI is InChI=1S/C47H57BrN8O11/c1-6-47(30-21-34-40-27(20-28-31(48)12-10-13-32(28)52-40)23-55(34)42(62)29(30)24-66-44(47)64)67-38(60)22-46(4,5)25-56(33(41(49)61)14-11-18-51-45(50)65)43(63)39(26(2)3)53-35(57)15-8-7-9-19-54-36(58)16-17-37(54)59/h10,12-13,16-17,20-21,26,33,39H,6-9,11,14-15,18-19,22-25H2,1-5H3,(H2,49,61)(H,53,57)(H3,50,51,65)/t33-,39-,47-/m0/s1. The zero-order valence-electron chi connectivity index (χ0n) is 38.3. The number of ether oxygens (including phenoxy) is 2. The molecule has 0 saturated carbocycles. The predicted octanol–water partition coefficient (Wildman–Crippen LogP) is 3.57. The number of primary amides is 2. The summed E-state index contributed by atoms with van der Waals surface area (Å²) < 4.78 is 14.1. The molecule has 0 saturated heterocycles. The van der Waals surface area contributed by atoms with Crippen LogP contribution in [0.4, 0.5) is 4.79 Å². The molecule has 67 heavy (non-hydrogen) atoms. The average molecular weight is 990 g/mol. The number of fused-ring (bicyclic) bond motifs is 5. The fourth-order valence-electron chi connectivity index (χ4n) is 8.88. The number of pyridine rings is 2. The minimum Gasteiger partial charge on any atom is -0.457 e. The van der Waals surface area contributed by atoms with Crippen molar-refractivity contribution in [2.75, 3.05) is 19.6 Å². The number of carbonyl (C=O) groups is 8. The fourth-order valence-corrected chi connectivity index (χ4v) is 9.35. The Morgan fingerprint density at radius 1 is 1.01 bits per heavy atom. The van der Waals surface area contributed by atoms with Gasteiger partial charge in [-0.25, -0.2) is 14.6 Å². The lowest BCUT2D eigenvalue weighted by Crippen LogP contribution is -2.59. The van der Waals surface area contributed by atoms with Crippen LogP contribution in [0.3, 0.4) is 0 Å². The molecule has 6 N–H and O–H groups in total. The van der Waals surface area contributed by atoms with E-state index in [1.165, 1.54) is 17.1 Å². The van der Waals surface area contributed by atoms with Gasteiger partial charge in [0, 0.05) is 59.2 Å². The normalized spacial score (nSPS) is 17.1. The molecule has 3 aliphatic heterocycles. The second-order valence-corrected chi connectivity index (χ2v) is 19.1. The molecule has 0 unspecified atom stereocenters. The third kappa shape index (κ3) is 10.9. The Bertz CT molecular complexity index is 2590. The van der Waals surface area contributed by atoms with Gasteiger partial charge in [0.1, 0.15) is 18.7 Å². The number of halogens is 1. The number of benzene rings is 1. The topological polar surface area (TPSA) is 272 Å². The highest BCUT2D eigenvalue weighted by atomic mass is 79.9. The summed E-state index contributed by atoms with van der Waals surface area (Å²) in [7, 11) is 0. The summed E-state index contributed by atoms with van der Waals surface area (Å²) in [5.74, 6) is -4.92. The molecule has 2 aromatic heterocycles. The molecule has 20 heteroatoms. The summed E-state index contributed by atoms with van der Waals surface area (Å²) in [6, 6.07) is 6.06. The van der Waals surface area contributed by atoms with Crippen LogP contribution in [0, 0.1) is 11.3 Å². The highest BCUT2D eigenvalue weighted by Gasteiger charge is 2.51. The van der Waals surface area contributed by atoms with Crippen LogP contribution in [-0.4, -0.2) is 98.6 Å². The maximum absolute atomic E-state index is 14.7. The summed E-state index contributed by atoms with van der Waals surface area (Å²) in [6.07, 6.45) is 3.54. The van der Waals surface area contributed by atoms with Crippen molar-refractivity contribution >= 4 is 74.3 Å². The first-order valence-electron chi connectivity index (χ1n) is 22.4. The van der Waals surface area contributed by atoms with Gasteiger partial charge in [-0.1, -0.05) is 63.0 Å². The summed E-state index contributed by atoms with van der Waals surface area (Å²) in [6.45, 7) is 8.35. The second kappa shape index (κ2) is 20.6. The Morgan fingerprint density at radius 3 is 2.39 bits per heavy atom. The minimum absolute atomic E-state index is 0.00926. The summed E-state index contributed by atoms with van der Waals surface area (Å²) in [4.78, 5) is 126. The van der Waals surface area contributed by atoms with Gasteiger partial charge in [-0.2, -0.15) is 0 Å². The molecule has 0 aliphatic carbocycles. The number of hydrogen-bond donors (Lipinski definition) is 4. The number of rotatable bonds is 21. The number of imide groups is 1. The highest BCUT2D eigenvalue weighted by Crippen LogP contribution is 2.42. The molecule has 1 aromatic carbocycles. The molecule has 0 radical (unpaired) electrons. The molecular weight excluding hydrogens is 932 g/mol. The van der Waals surface area contributed by atoms with E-state index < -0.39 is 76.7 Å². The molecular formula is C47H57BrN8O11. The van der Waals surface area contributed by atoms with E-state index >= 15 is 0 Å². The number of hydrogen-bond acceptors (Lipinski definition) is 12. The number of aromatic nitrogens is 2. The van der Waals surface area contributed by atoms with Crippen molar-refractivity contribution in [1.29, 1.82) is 0 Å². The summed E-state index contributed by atoms with van der Waals surface area (Å²) >= 11 is 3.58. The largest absolute Gasteiger partial charge is 0.457 e. The van der Waals surface area contributed by atoms with Gasteiger partial charge in [-0.3, -0.25) is 38.5 Å². The van der Waals surface area contributed by atoms with Crippen molar-refractivity contribution < 1.29 is 47.8 Å². The Kier molecular flexibility index (Phi) is 15.4. The minimum atomic E-state index is -2.01. The monoisotopic (exact) mass is 988 g/mol. The summed E-state index contributed by atoms with van der Waals surface area (Å²) in [5, 5.41) is 6.12. The van der Waals surface area contributed by atoms with Gasteiger partial charge >= 0.3 is 18.0 Å². The Labute approximate surface area is 395 Å². The molecule has 0 fully saturated rings. The van der Waals surface area contributed by atoms with Crippen LogP contribution in [0.15, 0.2) is 51.8 Å². The molecule has 0 bridgehead atoms. The van der Waals surface area contributed by atoms with Crippen molar-refractivity contribution in [3.8, 4) is 11.4 Å². The first kappa shape index (κ1) is 50.0. The van der Waals surface area contributed by atoms with Crippen molar-refractivity contribution in [1.82, 2.24) is 30.0 Å². The van der Waals surface area contributed by atoms with Gasteiger partial charge in [0.25, 0.3) is 17.4 Å². The number of amides is 7. The lowest BCUT2D eigenvalue weighted by atomic mass is 9.84. The number of nitrogens with one attached hydrogen (secondary N) is 2. The zero-order chi connectivity index (χ0) is 49.0. The molecule has 6 rings (SSSR count). The molecule has 3 atom stereocenters. The first-order valence-corrected chi connectivity index (χ1v) is 23.2. The third-order valence-corrected chi connectivity index (χ3v) is 13.0.